The zero-order chi connectivity index (χ0) is 19.8. The summed E-state index contributed by atoms with van der Waals surface area (Å²) in [6.07, 6.45) is 4.57. The maximum Gasteiger partial charge on any atom is 0.245 e. The van der Waals surface area contributed by atoms with E-state index in [-0.39, 0.29) is 10.4 Å². The molecule has 1 saturated heterocycles. The largest absolute Gasteiger partial charge is 0.255 e. The van der Waals surface area contributed by atoms with Gasteiger partial charge in [0.15, 0.2) is 11.0 Å². The van der Waals surface area contributed by atoms with E-state index >= 15 is 0 Å². The van der Waals surface area contributed by atoms with Gasteiger partial charge in [0.2, 0.25) is 10.0 Å². The first-order valence-electron chi connectivity index (χ1n) is 9.41. The quantitative estimate of drug-likeness (QED) is 0.485. The first-order chi connectivity index (χ1) is 14.1. The minimum Gasteiger partial charge on any atom is -0.255 e. The Hall–Kier alpha value is -2.49. The van der Waals surface area contributed by atoms with Gasteiger partial charge >= 0.3 is 0 Å². The number of nitrogens with zero attached hydrogens (tertiary/aromatic N) is 4. The average Bonchev–Trinajstić information content (AvgIpc) is 3.25. The van der Waals surface area contributed by atoms with Crippen molar-refractivity contribution in [3.63, 3.8) is 0 Å². The number of piperidine rings is 1. The van der Waals surface area contributed by atoms with Gasteiger partial charge in [-0.05, 0) is 47.4 Å². The molecule has 1 aliphatic heterocycles. The molecule has 9 heteroatoms. The van der Waals surface area contributed by atoms with E-state index in [4.69, 9.17) is 4.63 Å². The smallest absolute Gasteiger partial charge is 0.245 e. The third kappa shape index (κ3) is 3.29. The van der Waals surface area contributed by atoms with Gasteiger partial charge in [-0.1, -0.05) is 36.4 Å². The number of benzene rings is 2. The Labute approximate surface area is 172 Å². The van der Waals surface area contributed by atoms with Crippen molar-refractivity contribution in [2.75, 3.05) is 13.1 Å². The number of rotatable bonds is 4. The minimum atomic E-state index is -3.63. The van der Waals surface area contributed by atoms with E-state index in [9.17, 15) is 8.42 Å². The zero-order valence-corrected chi connectivity index (χ0v) is 17.1. The van der Waals surface area contributed by atoms with Crippen LogP contribution in [0.5, 0.6) is 0 Å². The number of pyridine rings is 1. The Morgan fingerprint density at radius 3 is 2.48 bits per heavy atom. The van der Waals surface area contributed by atoms with Crippen molar-refractivity contribution >= 4 is 43.7 Å². The van der Waals surface area contributed by atoms with Crippen LogP contribution in [0.3, 0.4) is 0 Å². The number of hydrogen-bond acceptors (Lipinski definition) is 7. The minimum absolute atomic E-state index is 0.149. The van der Waals surface area contributed by atoms with Crippen LogP contribution < -0.4 is 0 Å². The molecule has 0 radical (unpaired) electrons. The number of hydrogen-bond donors (Lipinski definition) is 0. The predicted molar refractivity (Wildman–Crippen MR) is 110 cm³/mol. The highest BCUT2D eigenvalue weighted by atomic mass is 32.2. The third-order valence-electron chi connectivity index (χ3n) is 5.09. The molecule has 7 nitrogen and oxygen atoms in total. The third-order valence-corrected chi connectivity index (χ3v) is 8.12. The highest BCUT2D eigenvalue weighted by Gasteiger charge is 2.30. The number of sulfonamides is 1. The summed E-state index contributed by atoms with van der Waals surface area (Å²) in [4.78, 5) is 6.36. The molecular formula is C20H18N4O3S2. The van der Waals surface area contributed by atoms with Crippen molar-refractivity contribution in [3.05, 3.63) is 48.7 Å². The van der Waals surface area contributed by atoms with Crippen LogP contribution in [0.4, 0.5) is 0 Å². The molecule has 5 rings (SSSR count). The van der Waals surface area contributed by atoms with Crippen LogP contribution in [-0.2, 0) is 10.0 Å². The van der Waals surface area contributed by atoms with Gasteiger partial charge in [0.25, 0.3) is 0 Å². The van der Waals surface area contributed by atoms with Crippen LogP contribution in [-0.4, -0.2) is 41.1 Å². The van der Waals surface area contributed by atoms with E-state index in [0.29, 0.717) is 18.6 Å². The van der Waals surface area contributed by atoms with Crippen molar-refractivity contribution in [2.24, 2.45) is 0 Å². The zero-order valence-electron chi connectivity index (χ0n) is 15.5. The number of fused-ring (bicyclic) bond motifs is 2. The molecule has 2 aromatic carbocycles. The summed E-state index contributed by atoms with van der Waals surface area (Å²) in [6.45, 7) is 1.07. The molecule has 0 unspecified atom stereocenters. The average molecular weight is 427 g/mol. The van der Waals surface area contributed by atoms with Gasteiger partial charge in [-0.25, -0.2) is 13.0 Å². The summed E-state index contributed by atoms with van der Waals surface area (Å²) >= 11 is 1.47. The first-order valence-corrected chi connectivity index (χ1v) is 11.7. The van der Waals surface area contributed by atoms with E-state index in [2.05, 4.69) is 15.3 Å². The van der Waals surface area contributed by atoms with Crippen LogP contribution in [0, 0.1) is 0 Å². The lowest BCUT2D eigenvalue weighted by molar-refractivity contribution is 0.314. The lowest BCUT2D eigenvalue weighted by atomic mass is 10.2. The summed E-state index contributed by atoms with van der Waals surface area (Å²) in [5, 5.41) is 8.97. The molecule has 1 fully saturated rings. The van der Waals surface area contributed by atoms with E-state index < -0.39 is 10.0 Å². The van der Waals surface area contributed by atoms with Gasteiger partial charge < -0.3 is 0 Å². The summed E-state index contributed by atoms with van der Waals surface area (Å²) in [5.74, 6) is 0. The molecule has 4 aromatic rings. The van der Waals surface area contributed by atoms with Crippen LogP contribution in [0.25, 0.3) is 21.9 Å². The molecule has 148 valence electrons. The summed E-state index contributed by atoms with van der Waals surface area (Å²) < 4.78 is 32.8. The van der Waals surface area contributed by atoms with Gasteiger partial charge in [0.05, 0.1) is 5.52 Å². The van der Waals surface area contributed by atoms with E-state index in [1.54, 1.807) is 18.3 Å². The van der Waals surface area contributed by atoms with E-state index in [1.165, 1.54) is 16.1 Å². The highest BCUT2D eigenvalue weighted by Crippen LogP contribution is 2.38. The van der Waals surface area contributed by atoms with Gasteiger partial charge in [0.1, 0.15) is 4.90 Å². The molecule has 0 saturated carbocycles. The van der Waals surface area contributed by atoms with Gasteiger partial charge in [-0.15, -0.1) is 0 Å². The molecule has 0 bridgehead atoms. The summed E-state index contributed by atoms with van der Waals surface area (Å²) in [5.41, 5.74) is 1.60. The van der Waals surface area contributed by atoms with Crippen LogP contribution >= 0.6 is 11.8 Å². The highest BCUT2D eigenvalue weighted by molar-refractivity contribution is 7.99. The fourth-order valence-electron chi connectivity index (χ4n) is 3.63. The molecular weight excluding hydrogens is 408 g/mol. The Kier molecular flexibility index (Phi) is 4.73. The Morgan fingerprint density at radius 1 is 0.862 bits per heavy atom. The van der Waals surface area contributed by atoms with Gasteiger partial charge in [-0.3, -0.25) is 4.98 Å². The summed E-state index contributed by atoms with van der Waals surface area (Å²) in [6, 6.07) is 13.3. The molecule has 2 aromatic heterocycles. The second-order valence-electron chi connectivity index (χ2n) is 6.92. The van der Waals surface area contributed by atoms with Gasteiger partial charge in [-0.2, -0.15) is 4.31 Å². The molecule has 0 N–H and O–H groups in total. The summed E-state index contributed by atoms with van der Waals surface area (Å²) in [7, 11) is -3.63. The van der Waals surface area contributed by atoms with Crippen molar-refractivity contribution in [1.29, 1.82) is 0 Å². The lowest BCUT2D eigenvalue weighted by Gasteiger charge is -2.25. The SMILES string of the molecule is O=S(=O)(c1ccc(Sc2cccc3cccnc23)c2nonc12)N1CCCCC1. The van der Waals surface area contributed by atoms with E-state index in [0.717, 1.165) is 40.0 Å². The molecule has 1 aliphatic rings. The second kappa shape index (κ2) is 7.40. The van der Waals surface area contributed by atoms with Crippen LogP contribution in [0.1, 0.15) is 19.3 Å². The maximum atomic E-state index is 13.1. The second-order valence-corrected chi connectivity index (χ2v) is 9.91. The van der Waals surface area contributed by atoms with E-state index in [1.807, 2.05) is 30.3 Å². The number of para-hydroxylation sites is 1. The van der Waals surface area contributed by atoms with Crippen LogP contribution in [0.2, 0.25) is 0 Å². The van der Waals surface area contributed by atoms with Crippen molar-refractivity contribution in [2.45, 2.75) is 33.9 Å². The molecule has 0 aliphatic carbocycles. The molecule has 3 heterocycles. The Balaban J connectivity index is 1.57. The van der Waals surface area contributed by atoms with Crippen LogP contribution in [0.15, 0.2) is 68.0 Å². The molecule has 0 spiro atoms. The fourth-order valence-corrected chi connectivity index (χ4v) is 6.29. The number of aromatic nitrogens is 3. The molecule has 0 amide bonds. The van der Waals surface area contributed by atoms with Crippen molar-refractivity contribution in [1.82, 2.24) is 19.6 Å². The first kappa shape index (κ1) is 18.5. The normalized spacial score (nSPS) is 15.9. The van der Waals surface area contributed by atoms with Crippen molar-refractivity contribution in [3.8, 4) is 0 Å². The monoisotopic (exact) mass is 426 g/mol. The topological polar surface area (TPSA) is 89.2 Å². The lowest BCUT2D eigenvalue weighted by Crippen LogP contribution is -2.35. The molecule has 0 atom stereocenters. The standard InChI is InChI=1S/C20H18N4O3S2/c25-29(26,24-12-2-1-3-13-24)17-10-9-16(19-20(17)23-27-22-19)28-15-8-4-6-14-7-5-11-21-18(14)15/h4-11H,1-3,12-13H2. The predicted octanol–water partition coefficient (Wildman–Crippen LogP) is 4.10. The fraction of sp³-hybridized carbons (Fsp3) is 0.250. The maximum absolute atomic E-state index is 13.1. The Bertz CT molecular complexity index is 1290. The van der Waals surface area contributed by atoms with Gasteiger partial charge in [0, 0.05) is 34.5 Å². The Morgan fingerprint density at radius 2 is 1.62 bits per heavy atom. The van der Waals surface area contributed by atoms with Crippen molar-refractivity contribution < 1.29 is 13.0 Å². The molecule has 29 heavy (non-hydrogen) atoms.